The number of ether oxygens (including phenoxy) is 1. The Morgan fingerprint density at radius 3 is 2.62 bits per heavy atom. The van der Waals surface area contributed by atoms with Crippen LogP contribution >= 0.6 is 0 Å². The van der Waals surface area contributed by atoms with E-state index in [4.69, 9.17) is 4.74 Å². The Morgan fingerprint density at radius 1 is 1.18 bits per heavy atom. The van der Waals surface area contributed by atoms with E-state index in [1.54, 1.807) is 19.3 Å². The molecule has 0 fully saturated rings. The number of rotatable bonds is 7. The fourth-order valence-corrected chi connectivity index (χ4v) is 3.46. The Morgan fingerprint density at radius 2 is 1.94 bits per heavy atom. The number of amides is 1. The normalized spacial score (nSPS) is 10.8. The van der Waals surface area contributed by atoms with Gasteiger partial charge < -0.3 is 10.1 Å². The Hall–Kier alpha value is -4.27. The second-order valence-electron chi connectivity index (χ2n) is 7.74. The maximum absolute atomic E-state index is 15.2. The number of benzene rings is 2. The van der Waals surface area contributed by atoms with E-state index in [2.05, 4.69) is 15.4 Å². The van der Waals surface area contributed by atoms with Crippen LogP contribution in [0.4, 0.5) is 10.1 Å². The average Bonchev–Trinajstić information content (AvgIpc) is 3.13. The minimum absolute atomic E-state index is 0.0138. The van der Waals surface area contributed by atoms with Crippen LogP contribution in [-0.4, -0.2) is 25.2 Å². The maximum atomic E-state index is 15.2. The van der Waals surface area contributed by atoms with Gasteiger partial charge >= 0.3 is 5.69 Å². The van der Waals surface area contributed by atoms with Gasteiger partial charge in [-0.2, -0.15) is 4.68 Å². The van der Waals surface area contributed by atoms with Crippen LogP contribution in [0, 0.1) is 12.7 Å². The molecule has 0 spiro atoms. The van der Waals surface area contributed by atoms with E-state index >= 15 is 4.39 Å². The number of hydrogen-bond donors (Lipinski definition) is 1. The summed E-state index contributed by atoms with van der Waals surface area (Å²) >= 11 is 0. The van der Waals surface area contributed by atoms with Gasteiger partial charge in [-0.3, -0.25) is 14.3 Å². The lowest BCUT2D eigenvalue weighted by Gasteiger charge is -2.15. The predicted octanol–water partition coefficient (Wildman–Crippen LogP) is 3.81. The molecule has 0 radical (unpaired) electrons. The monoisotopic (exact) mass is 461 g/mol. The van der Waals surface area contributed by atoms with Crippen LogP contribution in [0.25, 0.3) is 5.69 Å². The van der Waals surface area contributed by atoms with Crippen LogP contribution in [0.5, 0.6) is 5.75 Å². The van der Waals surface area contributed by atoms with Crippen LogP contribution in [-0.2, 0) is 20.1 Å². The largest absolute Gasteiger partial charge is 0.488 e. The smallest absolute Gasteiger partial charge is 0.350 e. The number of aromatic nitrogens is 4. The van der Waals surface area contributed by atoms with Crippen LogP contribution in [0.2, 0.25) is 0 Å². The minimum atomic E-state index is -0.775. The summed E-state index contributed by atoms with van der Waals surface area (Å²) in [5.41, 5.74) is 1.57. The number of pyridine rings is 1. The first-order valence-electron chi connectivity index (χ1n) is 10.8. The molecular weight excluding hydrogens is 437 g/mol. The van der Waals surface area contributed by atoms with E-state index < -0.39 is 17.4 Å². The lowest BCUT2D eigenvalue weighted by atomic mass is 10.1. The molecule has 8 nitrogen and oxygen atoms in total. The first-order chi connectivity index (χ1) is 16.4. The second-order valence-corrected chi connectivity index (χ2v) is 7.74. The molecule has 1 N–H and O–H groups in total. The van der Waals surface area contributed by atoms with Crippen molar-refractivity contribution in [1.29, 1.82) is 0 Å². The minimum Gasteiger partial charge on any atom is -0.488 e. The lowest BCUT2D eigenvalue weighted by molar-refractivity contribution is 0.102. The third-order valence-electron chi connectivity index (χ3n) is 5.43. The molecule has 9 heteroatoms. The van der Waals surface area contributed by atoms with Crippen molar-refractivity contribution in [2.75, 3.05) is 5.32 Å². The number of carbonyl (C=O) groups excluding carboxylic acids is 1. The van der Waals surface area contributed by atoms with Gasteiger partial charge in [-0.05, 0) is 30.2 Å². The van der Waals surface area contributed by atoms with Crippen molar-refractivity contribution < 1.29 is 13.9 Å². The molecule has 0 atom stereocenters. The molecule has 0 aliphatic rings. The summed E-state index contributed by atoms with van der Waals surface area (Å²) in [7, 11) is 1.58. The fourth-order valence-electron chi connectivity index (χ4n) is 3.46. The molecule has 2 heterocycles. The molecule has 2 aromatic heterocycles. The lowest BCUT2D eigenvalue weighted by Crippen LogP contribution is -2.23. The second kappa shape index (κ2) is 9.70. The summed E-state index contributed by atoms with van der Waals surface area (Å²) in [6, 6.07) is 13.5. The SMILES string of the molecule is CCc1nn(-c2cc(OCc3ccccc3)c(C(=O)Nc3cnccc3C)cc2F)c(=O)n1C. The average molecular weight is 461 g/mol. The Balaban J connectivity index is 1.77. The molecule has 0 bridgehead atoms. The van der Waals surface area contributed by atoms with Crippen LogP contribution in [0.15, 0.2) is 65.7 Å². The Labute approximate surface area is 195 Å². The Kier molecular flexibility index (Phi) is 6.53. The number of halogens is 1. The Bertz CT molecular complexity index is 1400. The highest BCUT2D eigenvalue weighted by molar-refractivity contribution is 6.06. The molecule has 0 saturated heterocycles. The molecule has 0 saturated carbocycles. The third kappa shape index (κ3) is 4.59. The summed E-state index contributed by atoms with van der Waals surface area (Å²) in [6.07, 6.45) is 3.63. The van der Waals surface area contributed by atoms with Gasteiger partial charge in [0.1, 0.15) is 29.7 Å². The van der Waals surface area contributed by atoms with E-state index in [0.717, 1.165) is 21.9 Å². The number of carbonyl (C=O) groups is 1. The molecular formula is C25H24FN5O3. The van der Waals surface area contributed by atoms with E-state index in [9.17, 15) is 9.59 Å². The summed E-state index contributed by atoms with van der Waals surface area (Å²) in [5, 5.41) is 6.98. The standard InChI is InChI=1S/C25H24FN5O3/c1-4-23-29-31(25(33)30(23)3)21-13-22(34-15-17-8-6-5-7-9-17)18(12-19(21)26)24(32)28-20-14-27-11-10-16(20)2/h5-14H,4,15H2,1-3H3,(H,28,32). The number of aryl methyl sites for hydroxylation is 2. The molecule has 0 aliphatic carbocycles. The zero-order valence-electron chi connectivity index (χ0n) is 19.1. The van der Waals surface area contributed by atoms with Gasteiger partial charge in [-0.15, -0.1) is 5.10 Å². The topological polar surface area (TPSA) is 91.0 Å². The van der Waals surface area contributed by atoms with Crippen molar-refractivity contribution in [3.63, 3.8) is 0 Å². The first-order valence-corrected chi connectivity index (χ1v) is 10.8. The molecule has 0 unspecified atom stereocenters. The molecule has 0 aliphatic heterocycles. The highest BCUT2D eigenvalue weighted by Gasteiger charge is 2.22. The van der Waals surface area contributed by atoms with Gasteiger partial charge in [0.15, 0.2) is 0 Å². The summed E-state index contributed by atoms with van der Waals surface area (Å²) < 4.78 is 23.5. The number of nitrogens with one attached hydrogen (secondary N) is 1. The zero-order valence-corrected chi connectivity index (χ0v) is 19.1. The van der Waals surface area contributed by atoms with Crippen LogP contribution in [0.3, 0.4) is 0 Å². The third-order valence-corrected chi connectivity index (χ3v) is 5.43. The highest BCUT2D eigenvalue weighted by Crippen LogP contribution is 2.27. The van der Waals surface area contributed by atoms with Gasteiger partial charge in [0, 0.05) is 25.7 Å². The number of hydrogen-bond acceptors (Lipinski definition) is 5. The molecule has 4 aromatic rings. The van der Waals surface area contributed by atoms with Crippen LogP contribution < -0.4 is 15.7 Å². The molecule has 34 heavy (non-hydrogen) atoms. The zero-order chi connectivity index (χ0) is 24.2. The number of nitrogens with zero attached hydrogens (tertiary/aromatic N) is 4. The van der Waals surface area contributed by atoms with Gasteiger partial charge in [-0.25, -0.2) is 9.18 Å². The fraction of sp³-hybridized carbons (Fsp3) is 0.200. The van der Waals surface area contributed by atoms with Crippen LogP contribution in [0.1, 0.15) is 34.2 Å². The van der Waals surface area contributed by atoms with Gasteiger partial charge in [0.25, 0.3) is 5.91 Å². The van der Waals surface area contributed by atoms with Crippen molar-refractivity contribution >= 4 is 11.6 Å². The van der Waals surface area contributed by atoms with Gasteiger partial charge in [0.2, 0.25) is 0 Å². The maximum Gasteiger partial charge on any atom is 0.350 e. The van der Waals surface area contributed by atoms with Crippen molar-refractivity contribution in [2.24, 2.45) is 7.05 Å². The van der Waals surface area contributed by atoms with E-state index in [-0.39, 0.29) is 23.6 Å². The molecule has 1 amide bonds. The van der Waals surface area contributed by atoms with Crippen molar-refractivity contribution in [3.05, 3.63) is 99.7 Å². The van der Waals surface area contributed by atoms with Crippen molar-refractivity contribution in [1.82, 2.24) is 19.3 Å². The van der Waals surface area contributed by atoms with Crippen molar-refractivity contribution in [2.45, 2.75) is 26.9 Å². The molecule has 2 aromatic carbocycles. The van der Waals surface area contributed by atoms with Crippen molar-refractivity contribution in [3.8, 4) is 11.4 Å². The highest BCUT2D eigenvalue weighted by atomic mass is 19.1. The predicted molar refractivity (Wildman–Crippen MR) is 126 cm³/mol. The van der Waals surface area contributed by atoms with E-state index in [0.29, 0.717) is 17.9 Å². The van der Waals surface area contributed by atoms with E-state index in [1.165, 1.54) is 16.8 Å². The summed E-state index contributed by atoms with van der Waals surface area (Å²) in [5.74, 6) is -0.713. The quantitative estimate of drug-likeness (QED) is 0.452. The van der Waals surface area contributed by atoms with Gasteiger partial charge in [0.05, 0.1) is 17.4 Å². The molecule has 4 rings (SSSR count). The first kappa shape index (κ1) is 22.9. The van der Waals surface area contributed by atoms with Gasteiger partial charge in [-0.1, -0.05) is 37.3 Å². The summed E-state index contributed by atoms with van der Waals surface area (Å²) in [4.78, 5) is 29.8. The number of anilines is 1. The van der Waals surface area contributed by atoms with E-state index in [1.807, 2.05) is 44.2 Å². The molecule has 174 valence electrons. The summed E-state index contributed by atoms with van der Waals surface area (Å²) in [6.45, 7) is 3.83.